The van der Waals surface area contributed by atoms with Gasteiger partial charge in [0.25, 0.3) is 0 Å². The number of ketones is 2. The minimum atomic E-state index is -1.02. The Morgan fingerprint density at radius 3 is 2.07 bits per heavy atom. The van der Waals surface area contributed by atoms with Gasteiger partial charge in [0.2, 0.25) is 5.78 Å². The molecule has 150 valence electrons. The van der Waals surface area contributed by atoms with Gasteiger partial charge in [-0.25, -0.2) is 4.79 Å². The van der Waals surface area contributed by atoms with Crippen molar-refractivity contribution in [1.29, 1.82) is 0 Å². The number of rotatable bonds is 13. The van der Waals surface area contributed by atoms with Crippen molar-refractivity contribution in [3.8, 4) is 11.5 Å². The molecule has 0 saturated heterocycles. The Bertz CT molecular complexity index is 656. The highest BCUT2D eigenvalue weighted by Gasteiger charge is 2.24. The van der Waals surface area contributed by atoms with Gasteiger partial charge in [-0.05, 0) is 25.8 Å². The molecule has 0 aromatic heterocycles. The zero-order valence-electron chi connectivity index (χ0n) is 16.1. The smallest absolute Gasteiger partial charge is 0.375 e. The van der Waals surface area contributed by atoms with E-state index >= 15 is 0 Å². The van der Waals surface area contributed by atoms with Crippen LogP contribution in [-0.2, 0) is 14.3 Å². The second kappa shape index (κ2) is 12.3. The molecule has 1 rings (SSSR count). The lowest BCUT2D eigenvalue weighted by atomic mass is 10.0. The fourth-order valence-corrected chi connectivity index (χ4v) is 2.38. The molecular formula is C20H27ClO6. The number of benzene rings is 1. The summed E-state index contributed by atoms with van der Waals surface area (Å²) in [5.41, 5.74) is 0.150. The third-order valence-corrected chi connectivity index (χ3v) is 3.97. The zero-order chi connectivity index (χ0) is 20.2. The third kappa shape index (κ3) is 7.59. The molecule has 7 heteroatoms. The van der Waals surface area contributed by atoms with Crippen molar-refractivity contribution in [3.05, 3.63) is 22.7 Å². The summed E-state index contributed by atoms with van der Waals surface area (Å²) < 4.78 is 16.0. The summed E-state index contributed by atoms with van der Waals surface area (Å²) in [6.07, 6.45) is 2.98. The van der Waals surface area contributed by atoms with Gasteiger partial charge in [0.1, 0.15) is 11.5 Å². The van der Waals surface area contributed by atoms with Crippen molar-refractivity contribution in [3.63, 3.8) is 0 Å². The standard InChI is InChI=1S/C20H27ClO6/c1-4-7-9-26-18-13-19(27-10-8-5-2)15(21)11-14(18)16(22)12-17(23)20(24)25-6-3/h11,13H,4-10,12H2,1-3H3. The zero-order valence-corrected chi connectivity index (χ0v) is 16.9. The van der Waals surface area contributed by atoms with E-state index in [1.807, 2.05) is 13.8 Å². The van der Waals surface area contributed by atoms with E-state index in [9.17, 15) is 14.4 Å². The summed E-state index contributed by atoms with van der Waals surface area (Å²) in [7, 11) is 0. The fourth-order valence-electron chi connectivity index (χ4n) is 2.16. The topological polar surface area (TPSA) is 78.9 Å². The predicted octanol–water partition coefficient (Wildman–Crippen LogP) is 4.40. The first-order chi connectivity index (χ1) is 12.9. The van der Waals surface area contributed by atoms with Crippen molar-refractivity contribution in [1.82, 2.24) is 0 Å². The largest absolute Gasteiger partial charge is 0.493 e. The molecule has 0 saturated carbocycles. The normalized spacial score (nSPS) is 10.4. The van der Waals surface area contributed by atoms with Crippen LogP contribution in [0.4, 0.5) is 0 Å². The van der Waals surface area contributed by atoms with Crippen LogP contribution >= 0.6 is 11.6 Å². The summed E-state index contributed by atoms with van der Waals surface area (Å²) in [5.74, 6) is -1.77. The quantitative estimate of drug-likeness (QED) is 0.161. The summed E-state index contributed by atoms with van der Waals surface area (Å²) in [4.78, 5) is 35.8. The van der Waals surface area contributed by atoms with Gasteiger partial charge in [-0.1, -0.05) is 38.3 Å². The first kappa shape index (κ1) is 23.0. The van der Waals surface area contributed by atoms with E-state index in [0.29, 0.717) is 24.7 Å². The van der Waals surface area contributed by atoms with E-state index in [2.05, 4.69) is 4.74 Å². The number of carbonyl (C=O) groups excluding carboxylic acids is 3. The Balaban J connectivity index is 3.03. The highest BCUT2D eigenvalue weighted by molar-refractivity contribution is 6.38. The van der Waals surface area contributed by atoms with E-state index in [4.69, 9.17) is 21.1 Å². The molecular weight excluding hydrogens is 372 g/mol. The molecule has 0 N–H and O–H groups in total. The average molecular weight is 399 g/mol. The van der Waals surface area contributed by atoms with Crippen LogP contribution < -0.4 is 9.47 Å². The van der Waals surface area contributed by atoms with Gasteiger partial charge in [0.05, 0.1) is 36.8 Å². The van der Waals surface area contributed by atoms with Crippen LogP contribution in [0.3, 0.4) is 0 Å². The Labute approximate surface area is 165 Å². The highest BCUT2D eigenvalue weighted by atomic mass is 35.5. The molecule has 0 heterocycles. The van der Waals surface area contributed by atoms with Crippen LogP contribution in [0.5, 0.6) is 11.5 Å². The second-order valence-corrected chi connectivity index (χ2v) is 6.33. The number of esters is 1. The molecule has 0 radical (unpaired) electrons. The summed E-state index contributed by atoms with van der Waals surface area (Å²) in [6.45, 7) is 6.64. The van der Waals surface area contributed by atoms with Gasteiger partial charge >= 0.3 is 5.97 Å². The van der Waals surface area contributed by atoms with Gasteiger partial charge < -0.3 is 14.2 Å². The Morgan fingerprint density at radius 2 is 1.52 bits per heavy atom. The van der Waals surface area contributed by atoms with Crippen LogP contribution in [-0.4, -0.2) is 37.4 Å². The first-order valence-electron chi connectivity index (χ1n) is 9.26. The number of carbonyl (C=O) groups is 3. The van der Waals surface area contributed by atoms with Crippen LogP contribution in [0.2, 0.25) is 5.02 Å². The minimum Gasteiger partial charge on any atom is -0.493 e. The van der Waals surface area contributed by atoms with Gasteiger partial charge in [0.15, 0.2) is 5.78 Å². The van der Waals surface area contributed by atoms with Gasteiger partial charge in [0, 0.05) is 6.07 Å². The molecule has 0 unspecified atom stereocenters. The summed E-state index contributed by atoms with van der Waals surface area (Å²) in [5, 5.41) is 0.251. The van der Waals surface area contributed by atoms with E-state index in [0.717, 1.165) is 25.7 Å². The van der Waals surface area contributed by atoms with Crippen LogP contribution in [0.15, 0.2) is 12.1 Å². The molecule has 0 fully saturated rings. The molecule has 0 atom stereocenters. The third-order valence-electron chi connectivity index (χ3n) is 3.67. The number of unbranched alkanes of at least 4 members (excludes halogenated alkanes) is 2. The molecule has 0 bridgehead atoms. The number of ether oxygens (including phenoxy) is 3. The van der Waals surface area contributed by atoms with Gasteiger partial charge in [-0.2, -0.15) is 0 Å². The SMILES string of the molecule is CCCCOc1cc(OCCCC)c(C(=O)CC(=O)C(=O)OCC)cc1Cl. The lowest BCUT2D eigenvalue weighted by Gasteiger charge is -2.14. The maximum Gasteiger partial charge on any atom is 0.375 e. The predicted molar refractivity (Wildman–Crippen MR) is 103 cm³/mol. The van der Waals surface area contributed by atoms with E-state index in [1.54, 1.807) is 13.0 Å². The Hall–Kier alpha value is -2.08. The average Bonchev–Trinajstić information content (AvgIpc) is 2.64. The highest BCUT2D eigenvalue weighted by Crippen LogP contribution is 2.34. The lowest BCUT2D eigenvalue weighted by Crippen LogP contribution is -2.21. The first-order valence-corrected chi connectivity index (χ1v) is 9.64. The molecule has 0 spiro atoms. The number of halogens is 1. The molecule has 1 aromatic carbocycles. The molecule has 0 aliphatic carbocycles. The maximum absolute atomic E-state index is 12.5. The van der Waals surface area contributed by atoms with E-state index in [-0.39, 0.29) is 17.2 Å². The Kier molecular flexibility index (Phi) is 10.5. The molecule has 0 aliphatic heterocycles. The maximum atomic E-state index is 12.5. The van der Waals surface area contributed by atoms with Crippen LogP contribution in [0, 0.1) is 0 Å². The number of hydrogen-bond donors (Lipinski definition) is 0. The van der Waals surface area contributed by atoms with Crippen molar-refractivity contribution < 1.29 is 28.6 Å². The molecule has 6 nitrogen and oxygen atoms in total. The van der Waals surface area contributed by atoms with Crippen molar-refractivity contribution in [2.75, 3.05) is 19.8 Å². The van der Waals surface area contributed by atoms with E-state index < -0.39 is 24.0 Å². The van der Waals surface area contributed by atoms with Crippen molar-refractivity contribution in [2.24, 2.45) is 0 Å². The van der Waals surface area contributed by atoms with Crippen LogP contribution in [0.25, 0.3) is 0 Å². The molecule has 0 amide bonds. The van der Waals surface area contributed by atoms with Crippen LogP contribution in [0.1, 0.15) is 63.2 Å². The fraction of sp³-hybridized carbons (Fsp3) is 0.550. The molecule has 27 heavy (non-hydrogen) atoms. The second-order valence-electron chi connectivity index (χ2n) is 5.93. The monoisotopic (exact) mass is 398 g/mol. The molecule has 1 aromatic rings. The van der Waals surface area contributed by atoms with Gasteiger partial charge in [-0.3, -0.25) is 9.59 Å². The van der Waals surface area contributed by atoms with Crippen molar-refractivity contribution in [2.45, 2.75) is 52.9 Å². The van der Waals surface area contributed by atoms with Gasteiger partial charge in [-0.15, -0.1) is 0 Å². The molecule has 0 aliphatic rings. The summed E-state index contributed by atoms with van der Waals surface area (Å²) >= 11 is 6.23. The summed E-state index contributed by atoms with van der Waals surface area (Å²) in [6, 6.07) is 2.99. The lowest BCUT2D eigenvalue weighted by molar-refractivity contribution is -0.153. The number of hydrogen-bond acceptors (Lipinski definition) is 6. The van der Waals surface area contributed by atoms with E-state index in [1.165, 1.54) is 6.07 Å². The van der Waals surface area contributed by atoms with Crippen molar-refractivity contribution >= 4 is 29.1 Å². The Morgan fingerprint density at radius 1 is 0.926 bits per heavy atom. The minimum absolute atomic E-state index is 0.0692. The number of Topliss-reactive ketones (excluding diaryl/α,β-unsaturated/α-hetero) is 2.